The van der Waals surface area contributed by atoms with E-state index in [2.05, 4.69) is 12.2 Å². The summed E-state index contributed by atoms with van der Waals surface area (Å²) >= 11 is 0. The number of piperidine rings is 1. The van der Waals surface area contributed by atoms with Gasteiger partial charge in [0.2, 0.25) is 0 Å². The van der Waals surface area contributed by atoms with Gasteiger partial charge in [0, 0.05) is 19.1 Å². The van der Waals surface area contributed by atoms with Crippen molar-refractivity contribution in [3.8, 4) is 0 Å². The summed E-state index contributed by atoms with van der Waals surface area (Å²) in [5.41, 5.74) is -0.136. The first kappa shape index (κ1) is 11.7. The third kappa shape index (κ3) is 2.55. The molecule has 0 radical (unpaired) electrons. The summed E-state index contributed by atoms with van der Waals surface area (Å²) in [7, 11) is 1.59. The predicted molar refractivity (Wildman–Crippen MR) is 56.3 cm³/mol. The molecule has 0 bridgehead atoms. The Morgan fingerprint density at radius 3 is 2.86 bits per heavy atom. The van der Waals surface area contributed by atoms with Gasteiger partial charge in [0.05, 0.1) is 0 Å². The van der Waals surface area contributed by atoms with E-state index >= 15 is 0 Å². The normalized spacial score (nSPS) is 27.6. The van der Waals surface area contributed by atoms with Crippen LogP contribution in [0.25, 0.3) is 0 Å². The van der Waals surface area contributed by atoms with Crippen LogP contribution in [0.5, 0.6) is 0 Å². The van der Waals surface area contributed by atoms with Crippen molar-refractivity contribution >= 4 is 5.78 Å². The molecule has 0 aromatic heterocycles. The Morgan fingerprint density at radius 2 is 2.36 bits per heavy atom. The fourth-order valence-corrected chi connectivity index (χ4v) is 2.32. The van der Waals surface area contributed by atoms with Crippen molar-refractivity contribution in [2.45, 2.75) is 32.6 Å². The van der Waals surface area contributed by atoms with Crippen LogP contribution in [0.4, 0.5) is 0 Å². The van der Waals surface area contributed by atoms with Crippen LogP contribution in [-0.2, 0) is 9.53 Å². The topological polar surface area (TPSA) is 38.3 Å². The first-order chi connectivity index (χ1) is 6.75. The molecule has 1 unspecified atom stereocenters. The minimum Gasteiger partial charge on any atom is -0.377 e. The van der Waals surface area contributed by atoms with Gasteiger partial charge in [0.1, 0.15) is 6.61 Å². The molecule has 1 rings (SSSR count). The number of rotatable bonds is 5. The van der Waals surface area contributed by atoms with Crippen LogP contribution in [-0.4, -0.2) is 32.6 Å². The molecule has 1 heterocycles. The monoisotopic (exact) mass is 199 g/mol. The van der Waals surface area contributed by atoms with Gasteiger partial charge < -0.3 is 10.1 Å². The molecule has 1 aliphatic rings. The second kappa shape index (κ2) is 5.47. The molecule has 14 heavy (non-hydrogen) atoms. The maximum Gasteiger partial charge on any atom is 0.165 e. The molecule has 1 aliphatic heterocycles. The van der Waals surface area contributed by atoms with Gasteiger partial charge in [-0.05, 0) is 25.8 Å². The number of Topliss-reactive ketones (excluding diaryl/α,β-unsaturated/α-hetero) is 1. The van der Waals surface area contributed by atoms with Crippen LogP contribution < -0.4 is 5.32 Å². The number of methoxy groups -OCH3 is 1. The highest BCUT2D eigenvalue weighted by Crippen LogP contribution is 2.32. The Bertz CT molecular complexity index is 180. The Labute approximate surface area is 86.2 Å². The minimum atomic E-state index is -0.136. The van der Waals surface area contributed by atoms with E-state index in [0.29, 0.717) is 0 Å². The maximum absolute atomic E-state index is 11.9. The van der Waals surface area contributed by atoms with E-state index in [0.717, 1.165) is 38.8 Å². The SMILES string of the molecule is CCCC1(C(=O)COC)CCCNC1. The zero-order valence-corrected chi connectivity index (χ0v) is 9.27. The van der Waals surface area contributed by atoms with Crippen molar-refractivity contribution in [2.75, 3.05) is 26.8 Å². The zero-order chi connectivity index (χ0) is 10.4. The summed E-state index contributed by atoms with van der Waals surface area (Å²) in [6.07, 6.45) is 4.19. The van der Waals surface area contributed by atoms with Crippen molar-refractivity contribution in [3.05, 3.63) is 0 Å². The van der Waals surface area contributed by atoms with Crippen LogP contribution in [0.15, 0.2) is 0 Å². The number of ketones is 1. The first-order valence-corrected chi connectivity index (χ1v) is 5.48. The van der Waals surface area contributed by atoms with Crippen molar-refractivity contribution < 1.29 is 9.53 Å². The van der Waals surface area contributed by atoms with Gasteiger partial charge in [-0.1, -0.05) is 13.3 Å². The van der Waals surface area contributed by atoms with Crippen molar-refractivity contribution in [1.29, 1.82) is 0 Å². The van der Waals surface area contributed by atoms with E-state index in [4.69, 9.17) is 4.74 Å². The lowest BCUT2D eigenvalue weighted by Gasteiger charge is -2.36. The van der Waals surface area contributed by atoms with Crippen molar-refractivity contribution in [1.82, 2.24) is 5.32 Å². The second-order valence-electron chi connectivity index (χ2n) is 4.17. The number of carbonyl (C=O) groups is 1. The lowest BCUT2D eigenvalue weighted by molar-refractivity contribution is -0.134. The predicted octanol–water partition coefficient (Wildman–Crippen LogP) is 1.37. The number of hydrogen-bond acceptors (Lipinski definition) is 3. The molecule has 0 aromatic rings. The summed E-state index contributed by atoms with van der Waals surface area (Å²) in [6.45, 7) is 4.28. The highest BCUT2D eigenvalue weighted by Gasteiger charge is 2.37. The standard InChI is InChI=1S/C11H21NO2/c1-3-5-11(10(13)8-14-2)6-4-7-12-9-11/h12H,3-9H2,1-2H3. The van der Waals surface area contributed by atoms with Gasteiger partial charge in [-0.25, -0.2) is 0 Å². The van der Waals surface area contributed by atoms with E-state index in [1.54, 1.807) is 7.11 Å². The van der Waals surface area contributed by atoms with E-state index < -0.39 is 0 Å². The molecule has 3 nitrogen and oxygen atoms in total. The Balaban J connectivity index is 2.63. The molecular formula is C11H21NO2. The summed E-state index contributed by atoms with van der Waals surface area (Å²) in [6, 6.07) is 0. The third-order valence-corrected chi connectivity index (χ3v) is 3.07. The van der Waals surface area contributed by atoms with Crippen molar-refractivity contribution in [3.63, 3.8) is 0 Å². The van der Waals surface area contributed by atoms with Gasteiger partial charge in [-0.2, -0.15) is 0 Å². The Kier molecular flexibility index (Phi) is 4.55. The van der Waals surface area contributed by atoms with Gasteiger partial charge in [-0.3, -0.25) is 4.79 Å². The molecule has 0 aliphatic carbocycles. The van der Waals surface area contributed by atoms with E-state index in [-0.39, 0.29) is 17.8 Å². The number of ether oxygens (including phenoxy) is 1. The first-order valence-electron chi connectivity index (χ1n) is 5.48. The summed E-state index contributed by atoms with van der Waals surface area (Å²) in [5, 5.41) is 3.32. The molecule has 82 valence electrons. The minimum absolute atomic E-state index is 0.136. The van der Waals surface area contributed by atoms with E-state index in [1.807, 2.05) is 0 Å². The molecule has 0 spiro atoms. The number of carbonyl (C=O) groups excluding carboxylic acids is 1. The summed E-state index contributed by atoms with van der Waals surface area (Å²) < 4.78 is 4.95. The molecule has 0 aromatic carbocycles. The average Bonchev–Trinajstić information content (AvgIpc) is 2.20. The molecule has 3 heteroatoms. The van der Waals surface area contributed by atoms with E-state index in [9.17, 15) is 4.79 Å². The van der Waals surface area contributed by atoms with E-state index in [1.165, 1.54) is 0 Å². The van der Waals surface area contributed by atoms with Gasteiger partial charge in [0.25, 0.3) is 0 Å². The highest BCUT2D eigenvalue weighted by molar-refractivity contribution is 5.86. The fourth-order valence-electron chi connectivity index (χ4n) is 2.32. The van der Waals surface area contributed by atoms with Crippen LogP contribution in [0.1, 0.15) is 32.6 Å². The summed E-state index contributed by atoms with van der Waals surface area (Å²) in [5.74, 6) is 0.272. The molecule has 0 saturated carbocycles. The van der Waals surface area contributed by atoms with Crippen LogP contribution >= 0.6 is 0 Å². The fraction of sp³-hybridized carbons (Fsp3) is 0.909. The quantitative estimate of drug-likeness (QED) is 0.727. The average molecular weight is 199 g/mol. The van der Waals surface area contributed by atoms with Crippen LogP contribution in [0, 0.1) is 5.41 Å². The van der Waals surface area contributed by atoms with Crippen molar-refractivity contribution in [2.24, 2.45) is 5.41 Å². The van der Waals surface area contributed by atoms with Gasteiger partial charge in [-0.15, -0.1) is 0 Å². The smallest absolute Gasteiger partial charge is 0.165 e. The molecule has 1 fully saturated rings. The van der Waals surface area contributed by atoms with Crippen LogP contribution in [0.2, 0.25) is 0 Å². The maximum atomic E-state index is 11.9. The Hall–Kier alpha value is -0.410. The Morgan fingerprint density at radius 1 is 1.57 bits per heavy atom. The number of nitrogens with one attached hydrogen (secondary N) is 1. The molecule has 1 saturated heterocycles. The zero-order valence-electron chi connectivity index (χ0n) is 9.27. The largest absolute Gasteiger partial charge is 0.377 e. The van der Waals surface area contributed by atoms with Crippen LogP contribution in [0.3, 0.4) is 0 Å². The highest BCUT2D eigenvalue weighted by atomic mass is 16.5. The van der Waals surface area contributed by atoms with Gasteiger partial charge >= 0.3 is 0 Å². The number of hydrogen-bond donors (Lipinski definition) is 1. The molecule has 1 N–H and O–H groups in total. The second-order valence-corrected chi connectivity index (χ2v) is 4.17. The van der Waals surface area contributed by atoms with Gasteiger partial charge in [0.15, 0.2) is 5.78 Å². The summed E-state index contributed by atoms with van der Waals surface area (Å²) in [4.78, 5) is 11.9. The molecule has 0 amide bonds. The molecular weight excluding hydrogens is 178 g/mol. The third-order valence-electron chi connectivity index (χ3n) is 3.07. The lowest BCUT2D eigenvalue weighted by Crippen LogP contribution is -2.46. The molecule has 1 atom stereocenters. The lowest BCUT2D eigenvalue weighted by atomic mass is 9.74.